The Bertz CT molecular complexity index is 4210. The van der Waals surface area contributed by atoms with Crippen molar-refractivity contribution in [2.75, 3.05) is 5.73 Å². The lowest BCUT2D eigenvalue weighted by atomic mass is 10.0. The molecule has 0 saturated heterocycles. The fourth-order valence-electron chi connectivity index (χ4n) is 6.24. The molecule has 0 atom stereocenters. The predicted octanol–water partition coefficient (Wildman–Crippen LogP) is 5.53. The number of non-ortho nitro benzene ring substituents is 1. The summed E-state index contributed by atoms with van der Waals surface area (Å²) in [7, 11) is -33.1. The number of nitro groups is 2. The second-order valence-corrected chi connectivity index (χ2v) is 22.0. The number of benzene rings is 6. The van der Waals surface area contributed by atoms with Crippen molar-refractivity contribution >= 4 is 133 Å². The van der Waals surface area contributed by atoms with Gasteiger partial charge in [-0.3, -0.25) is 47.5 Å². The highest BCUT2D eigenvalue weighted by Crippen LogP contribution is 2.50. The zero-order valence-corrected chi connectivity index (χ0v) is 38.5. The Hall–Kier alpha value is -7.70. The molecule has 0 radical (unpaired) electrons. The van der Waals surface area contributed by atoms with Crippen molar-refractivity contribution in [3.63, 3.8) is 0 Å². The third-order valence-electron chi connectivity index (χ3n) is 9.23. The Balaban J connectivity index is 1.60. The van der Waals surface area contributed by atoms with E-state index < -0.39 is 184 Å². The third kappa shape index (κ3) is 10.6. The van der Waals surface area contributed by atoms with E-state index in [2.05, 4.69) is 30.7 Å². The molecule has 0 aromatic heterocycles. The minimum Gasteiger partial charge on any atom is -0.505 e. The fraction of sp³-hybridized carbons (Fsp3) is 0. The summed E-state index contributed by atoms with van der Waals surface area (Å²) in [6.07, 6.45) is 0. The van der Waals surface area contributed by atoms with Crippen LogP contribution in [-0.4, -0.2) is 97.9 Å². The molecule has 0 amide bonds. The minimum absolute atomic E-state index is 0.250. The Morgan fingerprint density at radius 3 is 1.42 bits per heavy atom. The van der Waals surface area contributed by atoms with Crippen LogP contribution in [0.3, 0.4) is 0 Å². The second-order valence-electron chi connectivity index (χ2n) is 13.6. The zero-order chi connectivity index (χ0) is 53.3. The molecular weight excluding hydrogens is 1090 g/mol. The number of phenols is 2. The second kappa shape index (κ2) is 17.9. The number of nitrogen functional groups attached to an aromatic ring is 1. The lowest BCUT2D eigenvalue weighted by Crippen LogP contribution is -2.04. The molecule has 71 heavy (non-hydrogen) atoms. The summed E-state index contributed by atoms with van der Waals surface area (Å²) in [5.74, 6) is -2.94. The van der Waals surface area contributed by atoms with Gasteiger partial charge in [0.25, 0.3) is 72.1 Å². The first-order valence-corrected chi connectivity index (χ1v) is 26.2. The van der Waals surface area contributed by atoms with E-state index in [9.17, 15) is 108 Å². The number of anilines is 1. The summed E-state index contributed by atoms with van der Waals surface area (Å²) in [6, 6.07) is 5.23. The number of hydrogen-bond acceptors (Lipinski definition) is 25. The van der Waals surface area contributed by atoms with Gasteiger partial charge in [0.15, 0.2) is 17.2 Å². The maximum atomic E-state index is 12.9. The molecule has 0 heterocycles. The number of aromatic hydroxyl groups is 2. The summed E-state index contributed by atoms with van der Waals surface area (Å²) in [6.45, 7) is 0. The van der Waals surface area contributed by atoms with Crippen LogP contribution in [0, 0.1) is 20.2 Å². The number of phenolic OH excluding ortho intramolecular Hbond substituents is 2. The molecule has 0 fully saturated rings. The van der Waals surface area contributed by atoms with Gasteiger partial charge in [-0.25, -0.2) is 0 Å². The molecular formula is C32H21N9O24S6. The first-order valence-electron chi connectivity index (χ1n) is 17.5. The van der Waals surface area contributed by atoms with E-state index in [1.807, 2.05) is 0 Å². The first kappa shape index (κ1) is 52.7. The summed E-state index contributed by atoms with van der Waals surface area (Å²) >= 11 is 0. The minimum atomic E-state index is -5.74. The maximum absolute atomic E-state index is 12.9. The van der Waals surface area contributed by atoms with Gasteiger partial charge in [0, 0.05) is 34.4 Å². The van der Waals surface area contributed by atoms with Crippen LogP contribution in [0.25, 0.3) is 21.5 Å². The standard InChI is InChI=1S/C32H21N9O24S6/c33-27-20(11-22(67(51,52)53)16-10-25(70(60,61)62)29(31(43)26(16)27)39-34-17-5-2-13(66(48,49)50)8-21(17)41(46)47)37-36-19-6-3-14-15(32(19)71(63,64)65)9-24(69(57,58)59)28(30(14)42)38-35-18-4-1-12(40(44)45)7-23(18)68(54,55)56/h1-11,42-43H,33H2,(H,48,49,50)(H,51,52,53)(H,54,55,56)(H,57,58,59)(H,60,61,62)(H,63,64,65). The molecule has 0 aliphatic carbocycles. The topological polar surface area (TPSA) is 553 Å². The van der Waals surface area contributed by atoms with Crippen LogP contribution in [0.5, 0.6) is 11.5 Å². The Morgan fingerprint density at radius 1 is 0.437 bits per heavy atom. The molecule has 374 valence electrons. The van der Waals surface area contributed by atoms with Crippen molar-refractivity contribution in [2.24, 2.45) is 30.7 Å². The van der Waals surface area contributed by atoms with Crippen LogP contribution in [0.4, 0.5) is 51.2 Å². The van der Waals surface area contributed by atoms with Gasteiger partial charge in [-0.05, 0) is 48.5 Å². The summed E-state index contributed by atoms with van der Waals surface area (Å²) in [5, 5.41) is 62.3. The number of rotatable bonds is 14. The SMILES string of the molecule is Nc1c(N=Nc2ccc3c(O)c(N=Nc4ccc([N+](=O)[O-])cc4S(=O)(=O)O)c(S(=O)(=O)O)cc3c2S(=O)(=O)O)cc(S(=O)(=O)O)c2cc(S(=O)(=O)O)c(N=Nc3ccc(S(=O)(=O)O)cc3[N+](=O)[O-])c(O)c12. The molecule has 0 aliphatic heterocycles. The van der Waals surface area contributed by atoms with E-state index in [0.29, 0.717) is 48.5 Å². The summed E-state index contributed by atoms with van der Waals surface area (Å²) < 4.78 is 208. The monoisotopic (exact) mass is 1110 g/mol. The Kier molecular flexibility index (Phi) is 13.3. The van der Waals surface area contributed by atoms with Gasteiger partial charge in [-0.15, -0.1) is 30.7 Å². The van der Waals surface area contributed by atoms with E-state index in [1.54, 1.807) is 0 Å². The van der Waals surface area contributed by atoms with Crippen molar-refractivity contribution in [2.45, 2.75) is 29.4 Å². The molecule has 0 bridgehead atoms. The van der Waals surface area contributed by atoms with Crippen molar-refractivity contribution in [1.82, 2.24) is 0 Å². The molecule has 6 rings (SSSR count). The van der Waals surface area contributed by atoms with Gasteiger partial charge in [-0.1, -0.05) is 0 Å². The van der Waals surface area contributed by atoms with Gasteiger partial charge in [-0.2, -0.15) is 50.5 Å². The maximum Gasteiger partial charge on any atom is 0.298 e. The van der Waals surface area contributed by atoms with Crippen molar-refractivity contribution < 1.29 is 97.9 Å². The quantitative estimate of drug-likeness (QED) is 0.0213. The first-order chi connectivity index (χ1) is 32.4. The fourth-order valence-corrected chi connectivity index (χ4v) is 10.2. The molecule has 39 heteroatoms. The third-order valence-corrected chi connectivity index (χ3v) is 14.5. The molecule has 0 aliphatic rings. The highest BCUT2D eigenvalue weighted by Gasteiger charge is 2.31. The van der Waals surface area contributed by atoms with Crippen LogP contribution < -0.4 is 5.73 Å². The van der Waals surface area contributed by atoms with Gasteiger partial charge < -0.3 is 15.9 Å². The van der Waals surface area contributed by atoms with E-state index >= 15 is 0 Å². The van der Waals surface area contributed by atoms with Crippen molar-refractivity contribution in [3.05, 3.63) is 87.0 Å². The Labute approximate surface area is 393 Å². The zero-order valence-electron chi connectivity index (χ0n) is 33.6. The molecule has 6 aromatic rings. The van der Waals surface area contributed by atoms with Crippen LogP contribution >= 0.6 is 0 Å². The van der Waals surface area contributed by atoms with Crippen LogP contribution in [0.1, 0.15) is 0 Å². The number of nitro benzene ring substituents is 2. The highest BCUT2D eigenvalue weighted by atomic mass is 32.2. The van der Waals surface area contributed by atoms with E-state index in [1.165, 1.54) is 0 Å². The number of azo groups is 3. The molecule has 0 spiro atoms. The molecule has 10 N–H and O–H groups in total. The van der Waals surface area contributed by atoms with Crippen molar-refractivity contribution in [1.29, 1.82) is 0 Å². The number of hydrogen-bond donors (Lipinski definition) is 9. The number of nitrogens with two attached hydrogens (primary N) is 1. The Morgan fingerprint density at radius 2 is 0.915 bits per heavy atom. The van der Waals surface area contributed by atoms with Crippen LogP contribution in [0.15, 0.2) is 127 Å². The largest absolute Gasteiger partial charge is 0.505 e. The van der Waals surface area contributed by atoms with Gasteiger partial charge in [0.1, 0.15) is 57.8 Å². The van der Waals surface area contributed by atoms with E-state index in [4.69, 9.17) is 5.73 Å². The predicted molar refractivity (Wildman–Crippen MR) is 233 cm³/mol. The molecule has 33 nitrogen and oxygen atoms in total. The van der Waals surface area contributed by atoms with Gasteiger partial charge in [0.05, 0.1) is 20.9 Å². The number of nitrogens with zero attached hydrogens (tertiary/aromatic N) is 8. The van der Waals surface area contributed by atoms with Crippen LogP contribution in [-0.2, 0) is 60.7 Å². The molecule has 6 aromatic carbocycles. The van der Waals surface area contributed by atoms with E-state index in [0.717, 1.165) is 6.07 Å². The molecule has 0 unspecified atom stereocenters. The molecule has 0 saturated carbocycles. The number of fused-ring (bicyclic) bond motifs is 2. The average Bonchev–Trinajstić information content (AvgIpc) is 3.22. The lowest BCUT2D eigenvalue weighted by molar-refractivity contribution is -0.385. The normalized spacial score (nSPS) is 13.3. The van der Waals surface area contributed by atoms with Gasteiger partial charge >= 0.3 is 0 Å². The van der Waals surface area contributed by atoms with Crippen molar-refractivity contribution in [3.8, 4) is 11.5 Å². The highest BCUT2D eigenvalue weighted by molar-refractivity contribution is 7.87. The smallest absolute Gasteiger partial charge is 0.298 e. The lowest BCUT2D eigenvalue weighted by Gasteiger charge is -2.14. The summed E-state index contributed by atoms with van der Waals surface area (Å²) in [5.41, 5.74) is -3.43. The summed E-state index contributed by atoms with van der Waals surface area (Å²) in [4.78, 5) is 12.4. The van der Waals surface area contributed by atoms with Gasteiger partial charge in [0.2, 0.25) is 0 Å². The van der Waals surface area contributed by atoms with Crippen LogP contribution in [0.2, 0.25) is 0 Å². The van der Waals surface area contributed by atoms with E-state index in [-0.39, 0.29) is 12.1 Å². The average molecular weight is 1110 g/mol.